The van der Waals surface area contributed by atoms with Gasteiger partial charge in [0.2, 0.25) is 5.82 Å². The van der Waals surface area contributed by atoms with E-state index in [0.717, 1.165) is 69.9 Å². The Labute approximate surface area is 183 Å². The van der Waals surface area contributed by atoms with Gasteiger partial charge in [-0.3, -0.25) is 4.90 Å². The Morgan fingerprint density at radius 3 is 2.63 bits per heavy atom. The second kappa shape index (κ2) is 9.71. The van der Waals surface area contributed by atoms with Crippen molar-refractivity contribution in [1.82, 2.24) is 20.4 Å². The molecule has 2 aromatic carbocycles. The number of fused-ring (bicyclic) bond motifs is 1. The monoisotopic (exact) mass is 426 g/mol. The van der Waals surface area contributed by atoms with Crippen LogP contribution in [0.3, 0.4) is 0 Å². The number of hydrogen-bond acceptors (Lipinski definition) is 6. The van der Waals surface area contributed by atoms with Crippen molar-refractivity contribution in [1.29, 1.82) is 0 Å². The van der Waals surface area contributed by atoms with E-state index >= 15 is 0 Å². The molecule has 0 bridgehead atoms. The first-order chi connectivity index (χ1) is 14.3. The van der Waals surface area contributed by atoms with Gasteiger partial charge in [0.05, 0.1) is 13.2 Å². The summed E-state index contributed by atoms with van der Waals surface area (Å²) in [4.78, 5) is 7.10. The van der Waals surface area contributed by atoms with Crippen LogP contribution < -0.4 is 5.32 Å². The minimum Gasteiger partial charge on any atom is -0.379 e. The quantitative estimate of drug-likeness (QED) is 0.690. The maximum atomic E-state index is 5.61. The standard InChI is InChI=1S/C23H26N4O2.ClH/c1-2-17(16-27-10-12-28-13-11-27)14-20(3-1)22-25-23(29-26-22)21-5-4-18-6-8-24-9-7-19(18)15-21;/h1-5,14-15,24H,6-13,16H2;1H. The van der Waals surface area contributed by atoms with Crippen LogP contribution in [-0.2, 0) is 24.1 Å². The molecule has 0 atom stereocenters. The molecule has 158 valence electrons. The summed E-state index contributed by atoms with van der Waals surface area (Å²) in [7, 11) is 0. The summed E-state index contributed by atoms with van der Waals surface area (Å²) in [6, 6.07) is 14.9. The fraction of sp³-hybridized carbons (Fsp3) is 0.391. The van der Waals surface area contributed by atoms with Gasteiger partial charge in [0.25, 0.3) is 5.89 Å². The first-order valence-corrected chi connectivity index (χ1v) is 10.4. The number of hydrogen-bond donors (Lipinski definition) is 1. The van der Waals surface area contributed by atoms with Crippen LogP contribution in [-0.4, -0.2) is 54.4 Å². The molecule has 3 heterocycles. The van der Waals surface area contributed by atoms with Gasteiger partial charge in [0.15, 0.2) is 0 Å². The Morgan fingerprint density at radius 2 is 1.77 bits per heavy atom. The van der Waals surface area contributed by atoms with E-state index in [0.29, 0.717) is 11.7 Å². The summed E-state index contributed by atoms with van der Waals surface area (Å²) in [6.07, 6.45) is 2.11. The normalized spacial score (nSPS) is 17.1. The third-order valence-corrected chi connectivity index (χ3v) is 5.72. The average Bonchev–Trinajstić information content (AvgIpc) is 3.14. The molecule has 1 N–H and O–H groups in total. The Kier molecular flexibility index (Phi) is 6.79. The maximum Gasteiger partial charge on any atom is 0.258 e. The van der Waals surface area contributed by atoms with Gasteiger partial charge in [-0.05, 0) is 60.8 Å². The molecule has 7 heteroatoms. The van der Waals surface area contributed by atoms with Crippen molar-refractivity contribution in [3.8, 4) is 22.8 Å². The zero-order valence-corrected chi connectivity index (χ0v) is 17.8. The number of nitrogens with zero attached hydrogens (tertiary/aromatic N) is 3. The van der Waals surface area contributed by atoms with E-state index in [9.17, 15) is 0 Å². The highest BCUT2D eigenvalue weighted by molar-refractivity contribution is 5.85. The number of rotatable bonds is 4. The van der Waals surface area contributed by atoms with E-state index in [1.54, 1.807) is 0 Å². The van der Waals surface area contributed by atoms with Crippen molar-refractivity contribution in [2.75, 3.05) is 39.4 Å². The van der Waals surface area contributed by atoms with Gasteiger partial charge in [0, 0.05) is 30.8 Å². The van der Waals surface area contributed by atoms with Crippen molar-refractivity contribution < 1.29 is 9.26 Å². The Bertz CT molecular complexity index is 985. The summed E-state index contributed by atoms with van der Waals surface area (Å²) in [5.74, 6) is 1.22. The molecule has 3 aromatic rings. The lowest BCUT2D eigenvalue weighted by atomic mass is 10.00. The van der Waals surface area contributed by atoms with Crippen molar-refractivity contribution >= 4 is 12.4 Å². The first kappa shape index (κ1) is 21.0. The van der Waals surface area contributed by atoms with E-state index in [4.69, 9.17) is 9.26 Å². The van der Waals surface area contributed by atoms with Crippen molar-refractivity contribution in [3.05, 3.63) is 59.2 Å². The van der Waals surface area contributed by atoms with Crippen LogP contribution in [0.15, 0.2) is 47.0 Å². The molecule has 0 aliphatic carbocycles. The number of aromatic nitrogens is 2. The lowest BCUT2D eigenvalue weighted by Gasteiger charge is -2.26. The van der Waals surface area contributed by atoms with E-state index in [1.165, 1.54) is 16.7 Å². The lowest BCUT2D eigenvalue weighted by Crippen LogP contribution is -2.35. The predicted molar refractivity (Wildman–Crippen MR) is 119 cm³/mol. The molecule has 30 heavy (non-hydrogen) atoms. The molecular weight excluding hydrogens is 400 g/mol. The Balaban J connectivity index is 0.00000218. The van der Waals surface area contributed by atoms with E-state index in [-0.39, 0.29) is 12.4 Å². The molecule has 2 aliphatic rings. The zero-order valence-electron chi connectivity index (χ0n) is 17.0. The Morgan fingerprint density at radius 1 is 0.933 bits per heavy atom. The second-order valence-corrected chi connectivity index (χ2v) is 7.75. The van der Waals surface area contributed by atoms with Gasteiger partial charge in [-0.15, -0.1) is 12.4 Å². The molecule has 0 unspecified atom stereocenters. The fourth-order valence-electron chi connectivity index (χ4n) is 4.09. The summed E-state index contributed by atoms with van der Waals surface area (Å²) >= 11 is 0. The number of nitrogens with one attached hydrogen (secondary N) is 1. The minimum absolute atomic E-state index is 0. The number of benzene rings is 2. The van der Waals surface area contributed by atoms with Gasteiger partial charge in [0.1, 0.15) is 0 Å². The topological polar surface area (TPSA) is 63.4 Å². The van der Waals surface area contributed by atoms with E-state index in [1.807, 2.05) is 6.07 Å². The molecule has 1 saturated heterocycles. The van der Waals surface area contributed by atoms with Gasteiger partial charge < -0.3 is 14.6 Å². The smallest absolute Gasteiger partial charge is 0.258 e. The van der Waals surface area contributed by atoms with E-state index in [2.05, 4.69) is 56.8 Å². The van der Waals surface area contributed by atoms with Crippen molar-refractivity contribution in [2.45, 2.75) is 19.4 Å². The third-order valence-electron chi connectivity index (χ3n) is 5.72. The van der Waals surface area contributed by atoms with Crippen molar-refractivity contribution in [3.63, 3.8) is 0 Å². The molecule has 0 spiro atoms. The summed E-state index contributed by atoms with van der Waals surface area (Å²) in [5, 5.41) is 7.70. The molecule has 2 aliphatic heterocycles. The maximum absolute atomic E-state index is 5.61. The van der Waals surface area contributed by atoms with Crippen LogP contribution in [0.5, 0.6) is 0 Å². The highest BCUT2D eigenvalue weighted by atomic mass is 35.5. The molecule has 1 aromatic heterocycles. The largest absolute Gasteiger partial charge is 0.379 e. The van der Waals surface area contributed by atoms with Crippen LogP contribution in [0.1, 0.15) is 16.7 Å². The highest BCUT2D eigenvalue weighted by Crippen LogP contribution is 2.26. The van der Waals surface area contributed by atoms with Crippen LogP contribution in [0.2, 0.25) is 0 Å². The number of halogens is 1. The van der Waals surface area contributed by atoms with Crippen LogP contribution in [0.4, 0.5) is 0 Å². The van der Waals surface area contributed by atoms with Gasteiger partial charge in [-0.2, -0.15) is 4.98 Å². The van der Waals surface area contributed by atoms with Gasteiger partial charge in [-0.1, -0.05) is 29.4 Å². The lowest BCUT2D eigenvalue weighted by molar-refractivity contribution is 0.0342. The van der Waals surface area contributed by atoms with Crippen molar-refractivity contribution in [2.24, 2.45) is 0 Å². The van der Waals surface area contributed by atoms with Gasteiger partial charge >= 0.3 is 0 Å². The molecule has 1 fully saturated rings. The molecule has 5 rings (SSSR count). The average molecular weight is 427 g/mol. The van der Waals surface area contributed by atoms with Crippen LogP contribution in [0.25, 0.3) is 22.8 Å². The second-order valence-electron chi connectivity index (χ2n) is 7.75. The van der Waals surface area contributed by atoms with Crippen LogP contribution in [0, 0.1) is 0 Å². The highest BCUT2D eigenvalue weighted by Gasteiger charge is 2.15. The Hall–Kier alpha value is -2.25. The number of ether oxygens (including phenoxy) is 1. The third kappa shape index (κ3) is 4.73. The van der Waals surface area contributed by atoms with Gasteiger partial charge in [-0.25, -0.2) is 0 Å². The van der Waals surface area contributed by atoms with E-state index < -0.39 is 0 Å². The summed E-state index contributed by atoms with van der Waals surface area (Å²) < 4.78 is 11.1. The molecular formula is C23H27ClN4O2. The fourth-order valence-corrected chi connectivity index (χ4v) is 4.09. The molecule has 0 radical (unpaired) electrons. The molecule has 0 saturated carbocycles. The minimum atomic E-state index is 0. The molecule has 6 nitrogen and oxygen atoms in total. The summed E-state index contributed by atoms with van der Waals surface area (Å²) in [6.45, 7) is 6.55. The van der Waals surface area contributed by atoms with Crippen LogP contribution >= 0.6 is 12.4 Å². The number of morpholine rings is 1. The predicted octanol–water partition coefficient (Wildman–Crippen LogP) is 3.35. The SMILES string of the molecule is Cl.c1cc(CN2CCOCC2)cc(-c2noc(-c3ccc4c(c3)CCNCC4)n2)c1. The first-order valence-electron chi connectivity index (χ1n) is 10.4. The molecule has 0 amide bonds. The zero-order chi connectivity index (χ0) is 19.5. The summed E-state index contributed by atoms with van der Waals surface area (Å²) in [5.41, 5.74) is 6.03.